The second-order valence-corrected chi connectivity index (χ2v) is 9.70. The molecule has 5 heteroatoms. The summed E-state index contributed by atoms with van der Waals surface area (Å²) in [5.74, 6) is 0.639. The summed E-state index contributed by atoms with van der Waals surface area (Å²) in [6.07, 6.45) is 2.02. The van der Waals surface area contributed by atoms with E-state index in [9.17, 15) is 0 Å². The van der Waals surface area contributed by atoms with E-state index in [2.05, 4.69) is 50.2 Å². The first-order valence-corrected chi connectivity index (χ1v) is 12.8. The van der Waals surface area contributed by atoms with E-state index in [1.807, 2.05) is 48.5 Å². The summed E-state index contributed by atoms with van der Waals surface area (Å²) < 4.78 is 6.25. The summed E-state index contributed by atoms with van der Waals surface area (Å²) in [5.41, 5.74) is 7.66. The lowest BCUT2D eigenvalue weighted by molar-refractivity contribution is 0.300. The van der Waals surface area contributed by atoms with Crippen LogP contribution in [-0.2, 0) is 0 Å². The third kappa shape index (κ3) is 5.23. The minimum atomic E-state index is 0.618. The van der Waals surface area contributed by atoms with Crippen molar-refractivity contribution >= 4 is 34.1 Å². The third-order valence-electron chi connectivity index (χ3n) is 6.17. The molecule has 0 spiro atoms. The molecule has 0 radical (unpaired) electrons. The van der Waals surface area contributed by atoms with Crippen molar-refractivity contribution in [2.45, 2.75) is 26.7 Å². The summed E-state index contributed by atoms with van der Waals surface area (Å²) in [5, 5.41) is 2.45. The number of halogens is 2. The number of rotatable bonds is 7. The number of hydrogen-bond acceptors (Lipinski definition) is 3. The average Bonchev–Trinajstić information content (AvgIpc) is 2.89. The molecule has 180 valence electrons. The van der Waals surface area contributed by atoms with Gasteiger partial charge >= 0.3 is 0 Å². The van der Waals surface area contributed by atoms with Gasteiger partial charge in [0, 0.05) is 32.1 Å². The molecular formula is C31H26Cl2N2O. The monoisotopic (exact) mass is 512 g/mol. The topological polar surface area (TPSA) is 35.0 Å². The molecule has 0 bridgehead atoms. The lowest BCUT2D eigenvalue weighted by Gasteiger charge is -2.15. The molecule has 0 amide bonds. The molecule has 0 aliphatic rings. The lowest BCUT2D eigenvalue weighted by atomic mass is 9.99. The van der Waals surface area contributed by atoms with Crippen molar-refractivity contribution in [3.8, 4) is 39.5 Å². The highest BCUT2D eigenvalue weighted by atomic mass is 35.5. The molecule has 36 heavy (non-hydrogen) atoms. The Bertz CT molecular complexity index is 1450. The molecule has 0 fully saturated rings. The van der Waals surface area contributed by atoms with Crippen LogP contribution in [0.2, 0.25) is 10.0 Å². The minimum absolute atomic E-state index is 0.618. The van der Waals surface area contributed by atoms with Crippen LogP contribution < -0.4 is 4.74 Å². The van der Waals surface area contributed by atoms with Gasteiger partial charge in [-0.25, -0.2) is 9.97 Å². The number of para-hydroxylation sites is 1. The highest BCUT2D eigenvalue weighted by Gasteiger charge is 2.16. The zero-order valence-electron chi connectivity index (χ0n) is 20.3. The number of benzene rings is 3. The van der Waals surface area contributed by atoms with Crippen LogP contribution in [0.1, 0.15) is 25.3 Å². The van der Waals surface area contributed by atoms with Crippen molar-refractivity contribution in [1.29, 1.82) is 0 Å². The van der Waals surface area contributed by atoms with E-state index in [1.165, 1.54) is 0 Å². The Hall–Kier alpha value is -3.40. The molecule has 0 N–H and O–H groups in total. The molecule has 0 aliphatic carbocycles. The fourth-order valence-corrected chi connectivity index (χ4v) is 4.43. The Morgan fingerprint density at radius 2 is 1.33 bits per heavy atom. The van der Waals surface area contributed by atoms with Crippen molar-refractivity contribution < 1.29 is 4.74 Å². The molecule has 2 heterocycles. The molecule has 0 unspecified atom stereocenters. The predicted molar refractivity (Wildman–Crippen MR) is 151 cm³/mol. The summed E-state index contributed by atoms with van der Waals surface area (Å²) >= 11 is 12.3. The van der Waals surface area contributed by atoms with E-state index in [0.717, 1.165) is 62.9 Å². The zero-order valence-corrected chi connectivity index (χ0v) is 21.8. The maximum absolute atomic E-state index is 6.25. The van der Waals surface area contributed by atoms with E-state index in [1.54, 1.807) is 0 Å². The Morgan fingerprint density at radius 1 is 0.722 bits per heavy atom. The number of pyridine rings is 2. The van der Waals surface area contributed by atoms with Crippen LogP contribution in [0.25, 0.3) is 44.5 Å². The van der Waals surface area contributed by atoms with E-state index in [0.29, 0.717) is 22.5 Å². The van der Waals surface area contributed by atoms with Gasteiger partial charge in [0.1, 0.15) is 0 Å². The van der Waals surface area contributed by atoms with Crippen LogP contribution in [0.15, 0.2) is 84.9 Å². The van der Waals surface area contributed by atoms with Gasteiger partial charge in [-0.2, -0.15) is 0 Å². The maximum atomic E-state index is 6.25. The number of nitrogens with zero attached hydrogens (tertiary/aromatic N) is 2. The number of fused-ring (bicyclic) bond motifs is 1. The lowest BCUT2D eigenvalue weighted by Crippen LogP contribution is -2.02. The van der Waals surface area contributed by atoms with Crippen molar-refractivity contribution in [1.82, 2.24) is 9.97 Å². The molecular weight excluding hydrogens is 487 g/mol. The van der Waals surface area contributed by atoms with Gasteiger partial charge in [-0.15, -0.1) is 0 Å². The van der Waals surface area contributed by atoms with Crippen LogP contribution in [0.4, 0.5) is 0 Å². The number of hydrogen-bond donors (Lipinski definition) is 0. The Morgan fingerprint density at radius 3 is 1.92 bits per heavy atom. The molecule has 5 aromatic rings. The number of aromatic nitrogens is 2. The van der Waals surface area contributed by atoms with Crippen LogP contribution in [0.3, 0.4) is 0 Å². The standard InChI is InChI=1S/C31H26Cl2N2O/c1-3-4-16-36-31-27(17-23-7-5-6-20(2)30(23)35-31)24-18-28(21-8-12-25(32)13-9-21)34-29(19-24)22-10-14-26(33)15-11-22/h5-15,17-19H,3-4,16H2,1-2H3. The average molecular weight is 513 g/mol. The molecule has 2 aromatic heterocycles. The summed E-state index contributed by atoms with van der Waals surface area (Å²) in [7, 11) is 0. The molecule has 5 rings (SSSR count). The van der Waals surface area contributed by atoms with Crippen LogP contribution in [0, 0.1) is 6.92 Å². The Labute approximate surface area is 221 Å². The number of ether oxygens (including phenoxy) is 1. The first-order chi connectivity index (χ1) is 17.5. The Balaban J connectivity index is 1.73. The first-order valence-electron chi connectivity index (χ1n) is 12.1. The van der Waals surface area contributed by atoms with Crippen LogP contribution in [-0.4, -0.2) is 16.6 Å². The van der Waals surface area contributed by atoms with E-state index >= 15 is 0 Å². The van der Waals surface area contributed by atoms with Crippen molar-refractivity contribution in [2.75, 3.05) is 6.61 Å². The quantitative estimate of drug-likeness (QED) is 0.203. The fourth-order valence-electron chi connectivity index (χ4n) is 4.18. The normalized spacial score (nSPS) is 11.1. The highest BCUT2D eigenvalue weighted by Crippen LogP contribution is 2.37. The molecule has 0 saturated carbocycles. The largest absolute Gasteiger partial charge is 0.477 e. The first kappa shape index (κ1) is 24.3. The fraction of sp³-hybridized carbons (Fsp3) is 0.161. The van der Waals surface area contributed by atoms with Gasteiger partial charge in [0.2, 0.25) is 5.88 Å². The Kier molecular flexibility index (Phi) is 7.22. The predicted octanol–water partition coefficient (Wildman–Crippen LogP) is 9.42. The summed E-state index contributed by atoms with van der Waals surface area (Å²) in [6.45, 7) is 4.85. The zero-order chi connectivity index (χ0) is 25.1. The molecule has 0 atom stereocenters. The molecule has 3 nitrogen and oxygen atoms in total. The van der Waals surface area contributed by atoms with Crippen molar-refractivity contribution in [2.24, 2.45) is 0 Å². The van der Waals surface area contributed by atoms with Crippen LogP contribution in [0.5, 0.6) is 5.88 Å². The van der Waals surface area contributed by atoms with Gasteiger partial charge in [0.25, 0.3) is 0 Å². The van der Waals surface area contributed by atoms with Gasteiger partial charge < -0.3 is 4.74 Å². The molecule has 0 aliphatic heterocycles. The molecule has 0 saturated heterocycles. The van der Waals surface area contributed by atoms with Gasteiger partial charge in [0.05, 0.1) is 23.5 Å². The summed E-state index contributed by atoms with van der Waals surface area (Å²) in [4.78, 5) is 9.97. The minimum Gasteiger partial charge on any atom is -0.477 e. The van der Waals surface area contributed by atoms with E-state index < -0.39 is 0 Å². The summed E-state index contributed by atoms with van der Waals surface area (Å²) in [6, 6.07) is 28.1. The smallest absolute Gasteiger partial charge is 0.221 e. The SMILES string of the molecule is CCCCOc1nc2c(C)cccc2cc1-c1cc(-c2ccc(Cl)cc2)nc(-c2ccc(Cl)cc2)c1. The van der Waals surface area contributed by atoms with Crippen molar-refractivity contribution in [3.05, 3.63) is 101 Å². The molecule has 3 aromatic carbocycles. The number of aryl methyl sites for hydroxylation is 1. The van der Waals surface area contributed by atoms with Gasteiger partial charge in [-0.1, -0.05) is 79.0 Å². The van der Waals surface area contributed by atoms with Gasteiger partial charge in [-0.3, -0.25) is 0 Å². The van der Waals surface area contributed by atoms with Crippen LogP contribution >= 0.6 is 23.2 Å². The van der Waals surface area contributed by atoms with E-state index in [4.69, 9.17) is 37.9 Å². The second kappa shape index (κ2) is 10.7. The second-order valence-electron chi connectivity index (χ2n) is 8.83. The third-order valence-corrected chi connectivity index (χ3v) is 6.67. The van der Waals surface area contributed by atoms with Gasteiger partial charge in [-0.05, 0) is 66.9 Å². The van der Waals surface area contributed by atoms with Crippen molar-refractivity contribution in [3.63, 3.8) is 0 Å². The number of unbranched alkanes of at least 4 members (excludes halogenated alkanes) is 1. The maximum Gasteiger partial charge on any atom is 0.221 e. The highest BCUT2D eigenvalue weighted by molar-refractivity contribution is 6.30. The van der Waals surface area contributed by atoms with E-state index in [-0.39, 0.29) is 0 Å². The van der Waals surface area contributed by atoms with Gasteiger partial charge in [0.15, 0.2) is 0 Å².